The van der Waals surface area contributed by atoms with Crippen LogP contribution in [0.2, 0.25) is 0 Å². The van der Waals surface area contributed by atoms with Crippen molar-refractivity contribution in [3.05, 3.63) is 0 Å². The minimum Gasteiger partial charge on any atom is -0.159 e. The second-order valence-electron chi connectivity index (χ2n) is 6.18. The lowest BCUT2D eigenvalue weighted by Gasteiger charge is -2.33. The van der Waals surface area contributed by atoms with Crippen LogP contribution in [0.1, 0.15) is 0 Å². The normalized spacial score (nSPS) is 40.5. The summed E-state index contributed by atoms with van der Waals surface area (Å²) in [5.41, 5.74) is 0. The van der Waals surface area contributed by atoms with Crippen molar-refractivity contribution in [1.29, 1.82) is 0 Å². The van der Waals surface area contributed by atoms with Gasteiger partial charge in [0.15, 0.2) is 0 Å². The molecule has 4 saturated heterocycles. The van der Waals surface area contributed by atoms with Crippen molar-refractivity contribution >= 4 is 106 Å². The quantitative estimate of drug-likeness (QED) is 0.311. The zero-order valence-electron chi connectivity index (χ0n) is 13.5. The molecule has 4 rings (SSSR count). The van der Waals surface area contributed by atoms with Gasteiger partial charge in [-0.25, -0.2) is 0 Å². The van der Waals surface area contributed by atoms with Crippen LogP contribution in [0.4, 0.5) is 0 Å². The lowest BCUT2D eigenvalue weighted by Crippen LogP contribution is -2.23. The minimum absolute atomic E-state index is 0.835. The highest BCUT2D eigenvalue weighted by molar-refractivity contribution is 8.34. The molecule has 3 unspecified atom stereocenters. The van der Waals surface area contributed by atoms with Crippen LogP contribution in [0.5, 0.6) is 0 Å². The van der Waals surface area contributed by atoms with E-state index in [2.05, 4.69) is 106 Å². The van der Waals surface area contributed by atoms with Gasteiger partial charge in [0, 0.05) is 67.5 Å². The molecule has 0 radical (unpaired) electrons. The van der Waals surface area contributed by atoms with E-state index in [-0.39, 0.29) is 0 Å². The second kappa shape index (κ2) is 10.8. The Morgan fingerprint density at radius 2 is 0.792 bits per heavy atom. The molecule has 0 nitrogen and oxygen atoms in total. The van der Waals surface area contributed by atoms with Gasteiger partial charge in [0.2, 0.25) is 0 Å². The molecule has 4 heterocycles. The molecule has 138 valence electrons. The Kier molecular flexibility index (Phi) is 9.18. The first-order chi connectivity index (χ1) is 11.8. The molecule has 9 heteroatoms. The molecule has 4 aliphatic heterocycles. The Bertz CT molecular complexity index is 320. The smallest absolute Gasteiger partial charge is 0.0615 e. The highest BCUT2D eigenvalue weighted by Gasteiger charge is 2.32. The first-order valence-corrected chi connectivity index (χ1v) is 17.8. The van der Waals surface area contributed by atoms with Crippen molar-refractivity contribution in [3.63, 3.8) is 0 Å². The van der Waals surface area contributed by atoms with Crippen LogP contribution < -0.4 is 0 Å². The third kappa shape index (κ3) is 8.26. The number of hydrogen-bond acceptors (Lipinski definition) is 9. The number of hydrogen-bond donors (Lipinski definition) is 0. The van der Waals surface area contributed by atoms with E-state index >= 15 is 0 Å². The minimum atomic E-state index is 0.835. The summed E-state index contributed by atoms with van der Waals surface area (Å²) in [7, 11) is 0. The summed E-state index contributed by atoms with van der Waals surface area (Å²) in [5, 5.41) is 2.98. The standard InChI is InChI=1S/C15H24S9/c1(10-4-19-10)16-7-13-22-14(8-17-2-11-5-20-11)24-15(23-13)9-18-3-12-6-21-12/h10-15H,1-9H2. The monoisotopic (exact) mass is 492 g/mol. The van der Waals surface area contributed by atoms with Crippen LogP contribution in [0.3, 0.4) is 0 Å². The van der Waals surface area contributed by atoms with E-state index in [1.165, 1.54) is 51.8 Å². The van der Waals surface area contributed by atoms with E-state index in [1.54, 1.807) is 0 Å². The third-order valence-electron chi connectivity index (χ3n) is 3.79. The Hall–Kier alpha value is 3.15. The Balaban J connectivity index is 1.18. The molecule has 0 spiro atoms. The van der Waals surface area contributed by atoms with E-state index in [0.29, 0.717) is 0 Å². The molecular formula is C15H24S9. The first kappa shape index (κ1) is 20.4. The molecule has 0 bridgehead atoms. The summed E-state index contributed by atoms with van der Waals surface area (Å²) >= 11 is 20.0. The van der Waals surface area contributed by atoms with Crippen LogP contribution >= 0.6 is 106 Å². The fraction of sp³-hybridized carbons (Fsp3) is 1.00. The van der Waals surface area contributed by atoms with Gasteiger partial charge < -0.3 is 0 Å². The highest BCUT2D eigenvalue weighted by Crippen LogP contribution is 2.50. The first-order valence-electron chi connectivity index (χ1n) is 8.39. The fourth-order valence-corrected chi connectivity index (χ4v) is 16.0. The molecule has 0 saturated carbocycles. The third-order valence-corrected chi connectivity index (χ3v) is 17.0. The molecular weight excluding hydrogens is 469 g/mol. The maximum atomic E-state index is 2.29. The van der Waals surface area contributed by atoms with Gasteiger partial charge in [0.25, 0.3) is 0 Å². The van der Waals surface area contributed by atoms with Crippen molar-refractivity contribution in [2.45, 2.75) is 29.5 Å². The molecule has 0 aromatic heterocycles. The van der Waals surface area contributed by atoms with Gasteiger partial charge in [0.05, 0.1) is 13.7 Å². The molecule has 0 aromatic carbocycles. The maximum Gasteiger partial charge on any atom is 0.0615 e. The zero-order valence-corrected chi connectivity index (χ0v) is 20.9. The topological polar surface area (TPSA) is 0 Å². The van der Waals surface area contributed by atoms with Crippen molar-refractivity contribution in [2.75, 3.05) is 51.8 Å². The van der Waals surface area contributed by atoms with Crippen molar-refractivity contribution in [2.24, 2.45) is 0 Å². The Morgan fingerprint density at radius 3 is 1.04 bits per heavy atom. The fourth-order valence-electron chi connectivity index (χ4n) is 2.22. The van der Waals surface area contributed by atoms with E-state index in [1.807, 2.05) is 0 Å². The molecule has 0 N–H and O–H groups in total. The molecule has 0 aliphatic carbocycles. The van der Waals surface area contributed by atoms with Gasteiger partial charge in [-0.1, -0.05) is 0 Å². The summed E-state index contributed by atoms with van der Waals surface area (Å²) in [6.07, 6.45) is 0. The molecule has 0 aromatic rings. The van der Waals surface area contributed by atoms with Crippen molar-refractivity contribution < 1.29 is 0 Å². The summed E-state index contributed by atoms with van der Waals surface area (Å²) in [6.45, 7) is 0. The van der Waals surface area contributed by atoms with Gasteiger partial charge in [0.1, 0.15) is 0 Å². The predicted molar refractivity (Wildman–Crippen MR) is 135 cm³/mol. The SMILES string of the molecule is C(SCC1SC(CSCC2CS2)SC(CSCC2CS2)S1)C1CS1. The van der Waals surface area contributed by atoms with Crippen LogP contribution in [-0.2, 0) is 0 Å². The highest BCUT2D eigenvalue weighted by atomic mass is 32.3. The number of rotatable bonds is 12. The Morgan fingerprint density at radius 1 is 0.500 bits per heavy atom. The van der Waals surface area contributed by atoms with Gasteiger partial charge in [-0.2, -0.15) is 70.6 Å². The average molecular weight is 493 g/mol. The second-order valence-corrected chi connectivity index (χ2v) is 18.5. The lowest BCUT2D eigenvalue weighted by atomic mass is 10.6. The average Bonchev–Trinajstić information content (AvgIpc) is 3.42. The lowest BCUT2D eigenvalue weighted by molar-refractivity contribution is 1.24. The summed E-state index contributed by atoms with van der Waals surface area (Å²) < 4.78 is 2.50. The largest absolute Gasteiger partial charge is 0.159 e. The molecule has 4 fully saturated rings. The van der Waals surface area contributed by atoms with Gasteiger partial charge in [-0.05, 0) is 0 Å². The van der Waals surface area contributed by atoms with Crippen LogP contribution in [-0.4, -0.2) is 81.3 Å². The van der Waals surface area contributed by atoms with Crippen LogP contribution in [0, 0.1) is 0 Å². The van der Waals surface area contributed by atoms with Gasteiger partial charge in [-0.15, -0.1) is 35.3 Å². The van der Waals surface area contributed by atoms with Crippen molar-refractivity contribution in [3.8, 4) is 0 Å². The van der Waals surface area contributed by atoms with E-state index in [9.17, 15) is 0 Å². The zero-order chi connectivity index (χ0) is 16.2. The molecule has 3 atom stereocenters. The summed E-state index contributed by atoms with van der Waals surface area (Å²) in [6, 6.07) is 0. The Labute approximate surface area is 185 Å². The number of thioether (sulfide) groups is 9. The van der Waals surface area contributed by atoms with Gasteiger partial charge >= 0.3 is 0 Å². The van der Waals surface area contributed by atoms with Crippen LogP contribution in [0.25, 0.3) is 0 Å². The summed E-state index contributed by atoms with van der Waals surface area (Å²) in [4.78, 5) is 0. The molecule has 4 aliphatic rings. The van der Waals surface area contributed by atoms with Crippen molar-refractivity contribution in [1.82, 2.24) is 0 Å². The molecule has 0 amide bonds. The predicted octanol–water partition coefficient (Wildman–Crippen LogP) is 5.72. The van der Waals surface area contributed by atoms with Crippen LogP contribution in [0.15, 0.2) is 0 Å². The van der Waals surface area contributed by atoms with Gasteiger partial charge in [-0.3, -0.25) is 0 Å². The molecule has 24 heavy (non-hydrogen) atoms. The van der Waals surface area contributed by atoms with E-state index in [0.717, 1.165) is 29.5 Å². The van der Waals surface area contributed by atoms with E-state index < -0.39 is 0 Å². The van der Waals surface area contributed by atoms with E-state index in [4.69, 9.17) is 0 Å². The maximum absolute atomic E-state index is 2.29. The summed E-state index contributed by atoms with van der Waals surface area (Å²) in [5.74, 6) is 12.6.